The Kier molecular flexibility index (Phi) is 3.81. The topological polar surface area (TPSA) is 70.7 Å². The molecule has 0 fully saturated rings. The van der Waals surface area contributed by atoms with E-state index >= 15 is 0 Å². The van der Waals surface area contributed by atoms with Crippen LogP contribution >= 0.6 is 15.9 Å². The minimum absolute atomic E-state index is 0.0540. The first-order valence-electron chi connectivity index (χ1n) is 5.32. The molecule has 20 heavy (non-hydrogen) atoms. The predicted molar refractivity (Wildman–Crippen MR) is 69.9 cm³/mol. The minimum atomic E-state index is -1.01. The zero-order valence-corrected chi connectivity index (χ0v) is 11.7. The van der Waals surface area contributed by atoms with Gasteiger partial charge in [-0.15, -0.1) is 0 Å². The van der Waals surface area contributed by atoms with Gasteiger partial charge in [0.25, 0.3) is 5.91 Å². The molecule has 0 spiro atoms. The SMILES string of the molecule is Cn1cc(C#N)c(NC(=O)c2c(F)cc(Br)cc2F)n1. The van der Waals surface area contributed by atoms with Crippen molar-refractivity contribution in [3.8, 4) is 6.07 Å². The second-order valence-corrected chi connectivity index (χ2v) is 4.79. The zero-order valence-electron chi connectivity index (χ0n) is 10.1. The molecule has 2 aromatic rings. The molecule has 1 aromatic carbocycles. The average molecular weight is 341 g/mol. The summed E-state index contributed by atoms with van der Waals surface area (Å²) in [6.45, 7) is 0. The fourth-order valence-corrected chi connectivity index (χ4v) is 1.99. The summed E-state index contributed by atoms with van der Waals surface area (Å²) in [7, 11) is 1.55. The number of carbonyl (C=O) groups is 1. The molecular weight excluding hydrogens is 334 g/mol. The number of hydrogen-bond acceptors (Lipinski definition) is 3. The lowest BCUT2D eigenvalue weighted by Crippen LogP contribution is -2.17. The summed E-state index contributed by atoms with van der Waals surface area (Å²) in [5, 5.41) is 14.9. The molecular formula is C12H7BrF2N4O. The largest absolute Gasteiger partial charge is 0.304 e. The van der Waals surface area contributed by atoms with E-state index in [9.17, 15) is 13.6 Å². The van der Waals surface area contributed by atoms with Gasteiger partial charge in [-0.1, -0.05) is 15.9 Å². The van der Waals surface area contributed by atoms with Gasteiger partial charge in [0, 0.05) is 17.7 Å². The predicted octanol–water partition coefficient (Wildman–Crippen LogP) is 2.58. The molecule has 0 atom stereocenters. The van der Waals surface area contributed by atoms with Crippen LogP contribution < -0.4 is 5.32 Å². The third-order valence-corrected chi connectivity index (χ3v) is 2.87. The summed E-state index contributed by atoms with van der Waals surface area (Å²) in [6.07, 6.45) is 1.38. The van der Waals surface area contributed by atoms with Crippen LogP contribution in [0.15, 0.2) is 22.8 Å². The maximum Gasteiger partial charge on any atom is 0.262 e. The Morgan fingerprint density at radius 3 is 2.60 bits per heavy atom. The summed E-state index contributed by atoms with van der Waals surface area (Å²) in [4.78, 5) is 11.9. The third-order valence-electron chi connectivity index (χ3n) is 2.42. The standard InChI is InChI=1S/C12H7BrF2N4O/c1-19-5-6(4-16)11(18-19)17-12(20)10-8(14)2-7(13)3-9(10)15/h2-3,5H,1H3,(H,17,18,20). The van der Waals surface area contributed by atoms with Crippen LogP contribution in [0.25, 0.3) is 0 Å². The zero-order chi connectivity index (χ0) is 14.9. The number of amides is 1. The second kappa shape index (κ2) is 5.38. The van der Waals surface area contributed by atoms with Gasteiger partial charge in [0.2, 0.25) is 0 Å². The average Bonchev–Trinajstić information content (AvgIpc) is 2.67. The number of nitrogens with one attached hydrogen (secondary N) is 1. The van der Waals surface area contributed by atoms with Crippen molar-refractivity contribution in [1.29, 1.82) is 5.26 Å². The first-order valence-corrected chi connectivity index (χ1v) is 6.11. The van der Waals surface area contributed by atoms with E-state index in [0.717, 1.165) is 12.1 Å². The summed E-state index contributed by atoms with van der Waals surface area (Å²) in [5.74, 6) is -3.09. The van der Waals surface area contributed by atoms with E-state index in [-0.39, 0.29) is 15.9 Å². The summed E-state index contributed by atoms with van der Waals surface area (Å²) < 4.78 is 28.7. The number of nitrogens with zero attached hydrogens (tertiary/aromatic N) is 3. The molecule has 1 heterocycles. The highest BCUT2D eigenvalue weighted by molar-refractivity contribution is 9.10. The van der Waals surface area contributed by atoms with Crippen LogP contribution in [0.5, 0.6) is 0 Å². The number of aryl methyl sites for hydroxylation is 1. The molecule has 8 heteroatoms. The van der Waals surface area contributed by atoms with Gasteiger partial charge < -0.3 is 5.32 Å². The molecule has 0 aliphatic carbocycles. The van der Waals surface area contributed by atoms with Gasteiger partial charge in [0.05, 0.1) is 0 Å². The van der Waals surface area contributed by atoms with Gasteiger partial charge in [-0.2, -0.15) is 10.4 Å². The van der Waals surface area contributed by atoms with Crippen molar-refractivity contribution in [2.24, 2.45) is 7.05 Å². The van der Waals surface area contributed by atoms with E-state index < -0.39 is 23.1 Å². The Hall–Kier alpha value is -2.27. The lowest BCUT2D eigenvalue weighted by atomic mass is 10.2. The van der Waals surface area contributed by atoms with E-state index in [1.807, 2.05) is 6.07 Å². The number of carbonyl (C=O) groups excluding carboxylic acids is 1. The number of benzene rings is 1. The molecule has 0 radical (unpaired) electrons. The van der Waals surface area contributed by atoms with Crippen LogP contribution in [0, 0.1) is 23.0 Å². The number of aromatic nitrogens is 2. The van der Waals surface area contributed by atoms with E-state index in [4.69, 9.17) is 5.26 Å². The van der Waals surface area contributed by atoms with Crippen molar-refractivity contribution >= 4 is 27.7 Å². The summed E-state index contributed by atoms with van der Waals surface area (Å²) >= 11 is 2.92. The van der Waals surface area contributed by atoms with E-state index in [0.29, 0.717) is 0 Å². The lowest BCUT2D eigenvalue weighted by molar-refractivity contribution is 0.101. The normalized spacial score (nSPS) is 10.2. The molecule has 0 aliphatic rings. The van der Waals surface area contributed by atoms with Gasteiger partial charge in [0.15, 0.2) is 5.82 Å². The van der Waals surface area contributed by atoms with Crippen molar-refractivity contribution in [2.45, 2.75) is 0 Å². The van der Waals surface area contributed by atoms with Crippen LogP contribution in [-0.4, -0.2) is 15.7 Å². The highest BCUT2D eigenvalue weighted by atomic mass is 79.9. The number of anilines is 1. The molecule has 0 unspecified atom stereocenters. The highest BCUT2D eigenvalue weighted by Gasteiger charge is 2.20. The van der Waals surface area contributed by atoms with Crippen LogP contribution in [-0.2, 0) is 7.05 Å². The van der Waals surface area contributed by atoms with Gasteiger partial charge in [-0.25, -0.2) is 8.78 Å². The second-order valence-electron chi connectivity index (χ2n) is 3.88. The van der Waals surface area contributed by atoms with Crippen LogP contribution in [0.4, 0.5) is 14.6 Å². The van der Waals surface area contributed by atoms with E-state index in [2.05, 4.69) is 26.3 Å². The van der Waals surface area contributed by atoms with E-state index in [1.165, 1.54) is 10.9 Å². The first-order chi connectivity index (χ1) is 9.42. The van der Waals surface area contributed by atoms with Crippen molar-refractivity contribution in [2.75, 3.05) is 5.32 Å². The fourth-order valence-electron chi connectivity index (χ4n) is 1.59. The molecule has 5 nitrogen and oxygen atoms in total. The molecule has 0 saturated heterocycles. The number of hydrogen-bond donors (Lipinski definition) is 1. The summed E-state index contributed by atoms with van der Waals surface area (Å²) in [6, 6.07) is 3.77. The van der Waals surface area contributed by atoms with Crippen molar-refractivity contribution in [1.82, 2.24) is 9.78 Å². The molecule has 1 amide bonds. The molecule has 2 rings (SSSR count). The smallest absolute Gasteiger partial charge is 0.262 e. The van der Waals surface area contributed by atoms with Crippen molar-refractivity contribution < 1.29 is 13.6 Å². The minimum Gasteiger partial charge on any atom is -0.304 e. The van der Waals surface area contributed by atoms with Crippen molar-refractivity contribution in [3.63, 3.8) is 0 Å². The third kappa shape index (κ3) is 2.67. The molecule has 1 aromatic heterocycles. The Balaban J connectivity index is 2.36. The van der Waals surface area contributed by atoms with Crippen LogP contribution in [0.1, 0.15) is 15.9 Å². The van der Waals surface area contributed by atoms with E-state index in [1.54, 1.807) is 7.05 Å². The quantitative estimate of drug-likeness (QED) is 0.913. The van der Waals surface area contributed by atoms with Gasteiger partial charge in [-0.3, -0.25) is 9.48 Å². The Bertz CT molecular complexity index is 713. The van der Waals surface area contributed by atoms with Crippen LogP contribution in [0.3, 0.4) is 0 Å². The Morgan fingerprint density at radius 1 is 1.45 bits per heavy atom. The molecule has 0 bridgehead atoms. The molecule has 0 saturated carbocycles. The maximum absolute atomic E-state index is 13.6. The van der Waals surface area contributed by atoms with Crippen LogP contribution in [0.2, 0.25) is 0 Å². The molecule has 0 aliphatic heterocycles. The molecule has 102 valence electrons. The van der Waals surface area contributed by atoms with Gasteiger partial charge in [-0.05, 0) is 12.1 Å². The molecule has 1 N–H and O–H groups in total. The fraction of sp³-hybridized carbons (Fsp3) is 0.0833. The maximum atomic E-state index is 13.6. The monoisotopic (exact) mass is 340 g/mol. The van der Waals surface area contributed by atoms with Gasteiger partial charge >= 0.3 is 0 Å². The number of rotatable bonds is 2. The number of nitriles is 1. The summed E-state index contributed by atoms with van der Waals surface area (Å²) in [5.41, 5.74) is -0.637. The lowest BCUT2D eigenvalue weighted by Gasteiger charge is -2.05. The Labute approximate surface area is 120 Å². The van der Waals surface area contributed by atoms with Gasteiger partial charge in [0.1, 0.15) is 28.8 Å². The first kappa shape index (κ1) is 14.1. The number of halogens is 3. The highest BCUT2D eigenvalue weighted by Crippen LogP contribution is 2.21. The Morgan fingerprint density at radius 2 is 2.05 bits per heavy atom. The van der Waals surface area contributed by atoms with Crippen molar-refractivity contribution in [3.05, 3.63) is 45.6 Å².